The largest absolute Gasteiger partial charge is 0.480 e. The number of aliphatic carboxylic acids is 1. The van der Waals surface area contributed by atoms with E-state index in [1.165, 1.54) is 12.3 Å². The number of carboxylic acid groups (broad SMARTS) is 1. The van der Waals surface area contributed by atoms with Crippen molar-refractivity contribution >= 4 is 29.2 Å². The smallest absolute Gasteiger partial charge is 0.325 e. The predicted molar refractivity (Wildman–Crippen MR) is 74.0 cm³/mol. The Balaban J connectivity index is 2.22. The molecule has 1 aromatic heterocycles. The molecule has 0 saturated carbocycles. The Bertz CT molecular complexity index is 667. The summed E-state index contributed by atoms with van der Waals surface area (Å²) in [5, 5.41) is 15.8. The Morgan fingerprint density at radius 3 is 2.85 bits per heavy atom. The van der Waals surface area contributed by atoms with E-state index in [1.54, 1.807) is 25.1 Å². The van der Waals surface area contributed by atoms with Crippen molar-refractivity contribution in [1.82, 2.24) is 9.78 Å². The quantitative estimate of drug-likeness (QED) is 0.905. The first kappa shape index (κ1) is 14.1. The lowest BCUT2D eigenvalue weighted by molar-refractivity contribution is -0.137. The highest BCUT2D eigenvalue weighted by Gasteiger charge is 2.15. The van der Waals surface area contributed by atoms with Gasteiger partial charge in [0.2, 0.25) is 0 Å². The summed E-state index contributed by atoms with van der Waals surface area (Å²) in [4.78, 5) is 22.8. The number of hydrogen-bond acceptors (Lipinski definition) is 3. The number of carboxylic acids is 1. The van der Waals surface area contributed by atoms with Gasteiger partial charge in [0.15, 0.2) is 0 Å². The Morgan fingerprint density at radius 2 is 2.15 bits per heavy atom. The van der Waals surface area contributed by atoms with Gasteiger partial charge in [-0.2, -0.15) is 5.10 Å². The van der Waals surface area contributed by atoms with Gasteiger partial charge < -0.3 is 10.4 Å². The lowest BCUT2D eigenvalue weighted by atomic mass is 10.2. The van der Waals surface area contributed by atoms with Gasteiger partial charge in [-0.05, 0) is 30.7 Å². The van der Waals surface area contributed by atoms with E-state index in [9.17, 15) is 9.59 Å². The van der Waals surface area contributed by atoms with Gasteiger partial charge in [-0.25, -0.2) is 4.68 Å². The van der Waals surface area contributed by atoms with Gasteiger partial charge in [0.05, 0.1) is 0 Å². The molecule has 20 heavy (non-hydrogen) atoms. The highest BCUT2D eigenvalue weighted by molar-refractivity contribution is 6.31. The lowest BCUT2D eigenvalue weighted by Gasteiger charge is -2.10. The van der Waals surface area contributed by atoms with E-state index in [0.29, 0.717) is 10.7 Å². The molecule has 0 aliphatic carbocycles. The maximum absolute atomic E-state index is 12.1. The number of anilines is 1. The molecule has 0 saturated heterocycles. The lowest BCUT2D eigenvalue weighted by Crippen LogP contribution is -2.21. The Kier molecular flexibility index (Phi) is 4.05. The van der Waals surface area contributed by atoms with Crippen LogP contribution in [0.25, 0.3) is 0 Å². The number of carbonyl (C=O) groups is 2. The maximum atomic E-state index is 12.1. The summed E-state index contributed by atoms with van der Waals surface area (Å²) in [6.07, 6.45) is 1.38. The van der Waals surface area contributed by atoms with Crippen LogP contribution in [-0.2, 0) is 11.3 Å². The van der Waals surface area contributed by atoms with E-state index < -0.39 is 11.9 Å². The highest BCUT2D eigenvalue weighted by atomic mass is 35.5. The molecule has 1 aromatic carbocycles. The molecule has 2 aromatic rings. The third-order valence-corrected chi connectivity index (χ3v) is 3.16. The van der Waals surface area contributed by atoms with Crippen molar-refractivity contribution < 1.29 is 14.7 Å². The van der Waals surface area contributed by atoms with Crippen molar-refractivity contribution in [3.63, 3.8) is 0 Å². The monoisotopic (exact) mass is 293 g/mol. The molecular weight excluding hydrogens is 282 g/mol. The molecule has 7 heteroatoms. The van der Waals surface area contributed by atoms with Crippen LogP contribution in [0.5, 0.6) is 0 Å². The fraction of sp³-hybridized carbons (Fsp3) is 0.154. The molecule has 0 aliphatic rings. The number of amides is 1. The Labute approximate surface area is 120 Å². The molecule has 0 radical (unpaired) electrons. The van der Waals surface area contributed by atoms with Crippen LogP contribution in [0, 0.1) is 6.92 Å². The third kappa shape index (κ3) is 2.97. The normalized spacial score (nSPS) is 10.3. The van der Waals surface area contributed by atoms with Crippen LogP contribution in [0.4, 0.5) is 5.69 Å². The van der Waals surface area contributed by atoms with Gasteiger partial charge in [-0.3, -0.25) is 9.59 Å². The number of nitrogens with zero attached hydrogens (tertiary/aromatic N) is 2. The van der Waals surface area contributed by atoms with Crippen LogP contribution in [0.2, 0.25) is 5.02 Å². The first-order valence-electron chi connectivity index (χ1n) is 5.79. The van der Waals surface area contributed by atoms with Gasteiger partial charge in [0, 0.05) is 16.9 Å². The Morgan fingerprint density at radius 1 is 1.40 bits per heavy atom. The molecule has 2 N–H and O–H groups in total. The first-order valence-corrected chi connectivity index (χ1v) is 6.17. The highest BCUT2D eigenvalue weighted by Crippen LogP contribution is 2.23. The van der Waals surface area contributed by atoms with Crippen molar-refractivity contribution in [2.75, 3.05) is 5.32 Å². The Hall–Kier alpha value is -2.34. The average molecular weight is 294 g/mol. The van der Waals surface area contributed by atoms with Crippen LogP contribution in [0.1, 0.15) is 16.1 Å². The number of benzene rings is 1. The van der Waals surface area contributed by atoms with E-state index in [1.807, 2.05) is 0 Å². The molecule has 1 amide bonds. The van der Waals surface area contributed by atoms with Crippen LogP contribution in [-0.4, -0.2) is 26.8 Å². The molecule has 2 rings (SSSR count). The molecule has 0 fully saturated rings. The molecular formula is C13H12ClN3O3. The van der Waals surface area contributed by atoms with Gasteiger partial charge in [0.25, 0.3) is 5.91 Å². The molecule has 0 spiro atoms. The van der Waals surface area contributed by atoms with Crippen LogP contribution < -0.4 is 5.32 Å². The first-order chi connectivity index (χ1) is 9.49. The number of hydrogen-bond donors (Lipinski definition) is 2. The zero-order valence-electron chi connectivity index (χ0n) is 10.6. The number of carbonyl (C=O) groups excluding carboxylic acids is 1. The van der Waals surface area contributed by atoms with Gasteiger partial charge in [-0.15, -0.1) is 0 Å². The van der Waals surface area contributed by atoms with Crippen LogP contribution >= 0.6 is 11.6 Å². The molecule has 6 nitrogen and oxygen atoms in total. The van der Waals surface area contributed by atoms with Crippen molar-refractivity contribution in [3.05, 3.63) is 46.7 Å². The summed E-state index contributed by atoms with van der Waals surface area (Å²) in [6, 6.07) is 6.62. The number of rotatable bonds is 4. The minimum Gasteiger partial charge on any atom is -0.480 e. The second-order valence-corrected chi connectivity index (χ2v) is 4.54. The second-order valence-electron chi connectivity index (χ2n) is 4.13. The third-order valence-electron chi connectivity index (χ3n) is 2.75. The minimum absolute atomic E-state index is 0.173. The summed E-state index contributed by atoms with van der Waals surface area (Å²) in [5.41, 5.74) is 1.49. The van der Waals surface area contributed by atoms with Crippen molar-refractivity contribution in [2.24, 2.45) is 0 Å². The zero-order valence-corrected chi connectivity index (χ0v) is 11.4. The van der Waals surface area contributed by atoms with E-state index in [0.717, 1.165) is 10.2 Å². The summed E-state index contributed by atoms with van der Waals surface area (Å²) in [6.45, 7) is 1.41. The SMILES string of the molecule is Cc1c(Cl)cccc1NC(=O)c1ccnn1CC(=O)O. The van der Waals surface area contributed by atoms with Crippen LogP contribution in [0.15, 0.2) is 30.5 Å². The molecule has 0 atom stereocenters. The number of halogens is 1. The van der Waals surface area contributed by atoms with Crippen LogP contribution in [0.3, 0.4) is 0 Å². The fourth-order valence-corrected chi connectivity index (χ4v) is 1.88. The molecule has 0 unspecified atom stereocenters. The van der Waals surface area contributed by atoms with Crippen molar-refractivity contribution in [3.8, 4) is 0 Å². The van der Waals surface area contributed by atoms with Crippen molar-refractivity contribution in [2.45, 2.75) is 13.5 Å². The minimum atomic E-state index is -1.07. The molecule has 0 bridgehead atoms. The van der Waals surface area contributed by atoms with E-state index in [-0.39, 0.29) is 12.2 Å². The standard InChI is InChI=1S/C13H12ClN3O3/c1-8-9(14)3-2-4-10(8)16-13(20)11-5-6-15-17(11)7-12(18)19/h2-6H,7H2,1H3,(H,16,20)(H,18,19). The van der Waals surface area contributed by atoms with E-state index in [4.69, 9.17) is 16.7 Å². The topological polar surface area (TPSA) is 84.2 Å². The molecule has 1 heterocycles. The number of nitrogens with one attached hydrogen (secondary N) is 1. The number of aromatic nitrogens is 2. The van der Waals surface area contributed by atoms with Crippen molar-refractivity contribution in [1.29, 1.82) is 0 Å². The summed E-state index contributed by atoms with van der Waals surface area (Å²) in [7, 11) is 0. The summed E-state index contributed by atoms with van der Waals surface area (Å²) < 4.78 is 1.12. The predicted octanol–water partition coefficient (Wildman–Crippen LogP) is 2.18. The molecule has 104 valence electrons. The maximum Gasteiger partial charge on any atom is 0.325 e. The van der Waals surface area contributed by atoms with Gasteiger partial charge >= 0.3 is 5.97 Å². The fourth-order valence-electron chi connectivity index (χ4n) is 1.71. The molecule has 0 aliphatic heterocycles. The summed E-state index contributed by atoms with van der Waals surface area (Å²) in [5.74, 6) is -1.50. The van der Waals surface area contributed by atoms with Gasteiger partial charge in [-0.1, -0.05) is 17.7 Å². The van der Waals surface area contributed by atoms with E-state index in [2.05, 4.69) is 10.4 Å². The van der Waals surface area contributed by atoms with E-state index >= 15 is 0 Å². The van der Waals surface area contributed by atoms with Gasteiger partial charge in [0.1, 0.15) is 12.2 Å². The average Bonchev–Trinajstić information content (AvgIpc) is 2.82. The summed E-state index contributed by atoms with van der Waals surface area (Å²) >= 11 is 5.98. The second kappa shape index (κ2) is 5.75. The zero-order chi connectivity index (χ0) is 14.7.